The van der Waals surface area contributed by atoms with Crippen molar-refractivity contribution in [3.63, 3.8) is 0 Å². The number of rotatable bonds is 9. The normalized spacial score (nSPS) is 17.8. The molecule has 5 heteroatoms. The largest absolute Gasteiger partial charge is 0.382 e. The summed E-state index contributed by atoms with van der Waals surface area (Å²) in [5, 5.41) is 3.19. The maximum Gasteiger partial charge on any atom is 0.188 e. The molecule has 0 aromatic heterocycles. The Morgan fingerprint density at radius 1 is 1.30 bits per heavy atom. The molecule has 0 aliphatic heterocycles. The van der Waals surface area contributed by atoms with Crippen molar-refractivity contribution in [3.05, 3.63) is 0 Å². The van der Waals surface area contributed by atoms with E-state index in [0.717, 1.165) is 39.1 Å². The van der Waals surface area contributed by atoms with Gasteiger partial charge in [0.1, 0.15) is 0 Å². The molecule has 0 spiro atoms. The molecule has 0 saturated heterocycles. The molecular formula is C15H32IN3O. The average molecular weight is 397 g/mol. The van der Waals surface area contributed by atoms with E-state index in [1.54, 1.807) is 0 Å². The molecule has 1 saturated carbocycles. The first kappa shape index (κ1) is 20.0. The molecule has 0 bridgehead atoms. The van der Waals surface area contributed by atoms with Crippen LogP contribution in [0.3, 0.4) is 0 Å². The van der Waals surface area contributed by atoms with Crippen LogP contribution in [0.15, 0.2) is 4.99 Å². The molecule has 1 aliphatic carbocycles. The van der Waals surface area contributed by atoms with Crippen LogP contribution in [0.5, 0.6) is 0 Å². The van der Waals surface area contributed by atoms with Crippen molar-refractivity contribution in [1.82, 2.24) is 5.32 Å². The molecule has 1 aliphatic rings. The van der Waals surface area contributed by atoms with Gasteiger partial charge in [0.2, 0.25) is 0 Å². The van der Waals surface area contributed by atoms with Gasteiger partial charge >= 0.3 is 0 Å². The van der Waals surface area contributed by atoms with Crippen LogP contribution in [0.1, 0.15) is 58.8 Å². The highest BCUT2D eigenvalue weighted by molar-refractivity contribution is 14.0. The van der Waals surface area contributed by atoms with Crippen LogP contribution in [-0.4, -0.2) is 32.3 Å². The highest BCUT2D eigenvalue weighted by Crippen LogP contribution is 2.41. The highest BCUT2D eigenvalue weighted by atomic mass is 127. The first-order chi connectivity index (χ1) is 9.22. The van der Waals surface area contributed by atoms with Gasteiger partial charge in [-0.3, -0.25) is 4.99 Å². The first-order valence-corrected chi connectivity index (χ1v) is 7.84. The van der Waals surface area contributed by atoms with Crippen molar-refractivity contribution >= 4 is 29.9 Å². The molecule has 0 unspecified atom stereocenters. The number of hydrogen-bond acceptors (Lipinski definition) is 2. The van der Waals surface area contributed by atoms with E-state index in [2.05, 4.69) is 24.2 Å². The Balaban J connectivity index is 0.00000361. The van der Waals surface area contributed by atoms with Crippen molar-refractivity contribution in [1.29, 1.82) is 0 Å². The summed E-state index contributed by atoms with van der Waals surface area (Å²) in [6.07, 6.45) is 8.63. The van der Waals surface area contributed by atoms with Gasteiger partial charge in [-0.15, -0.1) is 24.0 Å². The molecule has 20 heavy (non-hydrogen) atoms. The Kier molecular flexibility index (Phi) is 11.6. The van der Waals surface area contributed by atoms with Crippen LogP contribution >= 0.6 is 24.0 Å². The zero-order chi connectivity index (χ0) is 14.0. The van der Waals surface area contributed by atoms with Gasteiger partial charge in [-0.25, -0.2) is 0 Å². The van der Waals surface area contributed by atoms with Crippen LogP contribution < -0.4 is 11.1 Å². The van der Waals surface area contributed by atoms with Crippen molar-refractivity contribution < 1.29 is 4.74 Å². The Morgan fingerprint density at radius 2 is 2.00 bits per heavy atom. The smallest absolute Gasteiger partial charge is 0.188 e. The van der Waals surface area contributed by atoms with Crippen LogP contribution in [0.2, 0.25) is 0 Å². The number of aliphatic imine (C=N–C) groups is 1. The van der Waals surface area contributed by atoms with Crippen molar-refractivity contribution in [2.75, 3.05) is 26.3 Å². The topological polar surface area (TPSA) is 59.6 Å². The number of nitrogens with two attached hydrogens (primary N) is 1. The Labute approximate surface area is 141 Å². The van der Waals surface area contributed by atoms with Gasteiger partial charge in [-0.2, -0.15) is 0 Å². The first-order valence-electron chi connectivity index (χ1n) is 7.84. The summed E-state index contributed by atoms with van der Waals surface area (Å²) in [5.74, 6) is 0.608. The van der Waals surface area contributed by atoms with Crippen LogP contribution in [0.4, 0.5) is 0 Å². The molecule has 0 heterocycles. The summed E-state index contributed by atoms with van der Waals surface area (Å²) in [5.41, 5.74) is 6.25. The molecule has 1 rings (SSSR count). The summed E-state index contributed by atoms with van der Waals surface area (Å²) >= 11 is 0. The van der Waals surface area contributed by atoms with E-state index in [1.807, 2.05) is 0 Å². The molecule has 1 fully saturated rings. The lowest BCUT2D eigenvalue weighted by Gasteiger charge is -2.27. The lowest BCUT2D eigenvalue weighted by Crippen LogP contribution is -2.34. The maximum atomic E-state index is 5.91. The highest BCUT2D eigenvalue weighted by Gasteiger charge is 2.33. The quantitative estimate of drug-likeness (QED) is 0.272. The molecular weight excluding hydrogens is 365 g/mol. The summed E-state index contributed by atoms with van der Waals surface area (Å²) < 4.78 is 5.51. The zero-order valence-electron chi connectivity index (χ0n) is 13.1. The average Bonchev–Trinajstić information content (AvgIpc) is 2.87. The van der Waals surface area contributed by atoms with E-state index < -0.39 is 0 Å². The van der Waals surface area contributed by atoms with Crippen LogP contribution in [-0.2, 0) is 4.74 Å². The monoisotopic (exact) mass is 397 g/mol. The molecule has 0 amide bonds. The minimum Gasteiger partial charge on any atom is -0.382 e. The fraction of sp³-hybridized carbons (Fsp3) is 0.933. The Hall–Kier alpha value is -0.0400. The van der Waals surface area contributed by atoms with Crippen LogP contribution in [0.25, 0.3) is 0 Å². The van der Waals surface area contributed by atoms with Gasteiger partial charge in [0.25, 0.3) is 0 Å². The van der Waals surface area contributed by atoms with Gasteiger partial charge < -0.3 is 15.8 Å². The second kappa shape index (κ2) is 11.6. The van der Waals surface area contributed by atoms with E-state index >= 15 is 0 Å². The minimum absolute atomic E-state index is 0. The van der Waals surface area contributed by atoms with Crippen molar-refractivity contribution in [2.24, 2.45) is 16.1 Å². The Morgan fingerprint density at radius 3 is 2.60 bits per heavy atom. The van der Waals surface area contributed by atoms with E-state index in [0.29, 0.717) is 11.4 Å². The van der Waals surface area contributed by atoms with E-state index in [-0.39, 0.29) is 24.0 Å². The van der Waals surface area contributed by atoms with E-state index in [9.17, 15) is 0 Å². The second-order valence-electron chi connectivity index (χ2n) is 5.64. The summed E-state index contributed by atoms with van der Waals surface area (Å²) in [7, 11) is 0. The maximum absolute atomic E-state index is 5.91. The molecule has 0 radical (unpaired) electrons. The van der Waals surface area contributed by atoms with Gasteiger partial charge in [0, 0.05) is 26.3 Å². The van der Waals surface area contributed by atoms with E-state index in [1.165, 1.54) is 32.1 Å². The summed E-state index contributed by atoms with van der Waals surface area (Å²) in [4.78, 5) is 4.56. The molecule has 0 aromatic rings. The fourth-order valence-electron chi connectivity index (χ4n) is 2.75. The lowest BCUT2D eigenvalue weighted by atomic mass is 9.83. The minimum atomic E-state index is 0. The number of ether oxygens (including phenoxy) is 1. The number of nitrogens with zero attached hydrogens (tertiary/aromatic N) is 1. The number of unbranched alkanes of at least 4 members (excludes halogenated alkanes) is 1. The third-order valence-corrected chi connectivity index (χ3v) is 4.07. The lowest BCUT2D eigenvalue weighted by molar-refractivity contribution is 0.107. The van der Waals surface area contributed by atoms with Gasteiger partial charge in [-0.05, 0) is 38.0 Å². The predicted molar refractivity (Wildman–Crippen MR) is 96.8 cm³/mol. The van der Waals surface area contributed by atoms with Gasteiger partial charge in [0.15, 0.2) is 5.96 Å². The van der Waals surface area contributed by atoms with Crippen molar-refractivity contribution in [3.8, 4) is 0 Å². The molecule has 3 N–H and O–H groups in total. The standard InChI is InChI=1S/C15H31N3O.HI/c1-3-5-11-17-14(16)18-13-15(8-6-7-9-15)10-12-19-4-2;/h3-13H2,1-2H3,(H3,16,17,18);1H. The molecule has 0 atom stereocenters. The second-order valence-corrected chi connectivity index (χ2v) is 5.64. The van der Waals surface area contributed by atoms with Crippen LogP contribution in [0, 0.1) is 5.41 Å². The van der Waals surface area contributed by atoms with E-state index in [4.69, 9.17) is 10.5 Å². The predicted octanol–water partition coefficient (Wildman–Crippen LogP) is 3.30. The number of hydrogen-bond donors (Lipinski definition) is 2. The molecule has 4 nitrogen and oxygen atoms in total. The molecule has 0 aromatic carbocycles. The SMILES string of the molecule is CCCCNC(N)=NCC1(CCOCC)CCCC1.I. The summed E-state index contributed by atoms with van der Waals surface area (Å²) in [6, 6.07) is 0. The number of guanidine groups is 1. The summed E-state index contributed by atoms with van der Waals surface area (Å²) in [6.45, 7) is 7.67. The Bertz CT molecular complexity index is 266. The molecule has 120 valence electrons. The zero-order valence-corrected chi connectivity index (χ0v) is 15.4. The number of nitrogens with one attached hydrogen (secondary N) is 1. The fourth-order valence-corrected chi connectivity index (χ4v) is 2.75. The third kappa shape index (κ3) is 7.67. The third-order valence-electron chi connectivity index (χ3n) is 4.07. The van der Waals surface area contributed by atoms with Gasteiger partial charge in [-0.1, -0.05) is 26.2 Å². The van der Waals surface area contributed by atoms with Gasteiger partial charge in [0.05, 0.1) is 0 Å². The number of halogens is 1. The van der Waals surface area contributed by atoms with Crippen molar-refractivity contribution in [2.45, 2.75) is 58.8 Å².